The molecule has 0 spiro atoms. The maximum Gasteiger partial charge on any atom is 0.213 e. The maximum absolute atomic E-state index is 14.2. The Balaban J connectivity index is 0.000000124. The highest BCUT2D eigenvalue weighted by Gasteiger charge is 2.20. The van der Waals surface area contributed by atoms with Crippen LogP contribution in [0.4, 0.5) is 17.6 Å². The molecule has 9 aromatic heterocycles. The van der Waals surface area contributed by atoms with Crippen LogP contribution in [0.3, 0.4) is 0 Å². The second-order valence-electron chi connectivity index (χ2n) is 24.6. The van der Waals surface area contributed by atoms with Crippen molar-refractivity contribution in [2.45, 2.75) is 47.0 Å². The van der Waals surface area contributed by atoms with Gasteiger partial charge in [0.1, 0.15) is 46.0 Å². The lowest BCUT2D eigenvalue weighted by Crippen LogP contribution is -2.06. The smallest absolute Gasteiger partial charge is 0.213 e. The highest BCUT2D eigenvalue weighted by atomic mass is 19.1. The molecule has 0 amide bonds. The molecule has 0 aliphatic heterocycles. The monoisotopic (exact) mass is 1390 g/mol. The Labute approximate surface area is 606 Å². The topological polar surface area (TPSA) is 145 Å². The van der Waals surface area contributed by atoms with Gasteiger partial charge in [-0.1, -0.05) is 181 Å². The Morgan fingerprint density at radius 1 is 0.286 bits per heavy atom. The Morgan fingerprint density at radius 2 is 0.638 bits per heavy atom. The van der Waals surface area contributed by atoms with Crippen molar-refractivity contribution in [2.24, 2.45) is 0 Å². The molecule has 16 aromatic rings. The molecule has 0 saturated carbocycles. The molecular weight excluding hydrogens is 1320 g/mol. The van der Waals surface area contributed by atoms with Gasteiger partial charge >= 0.3 is 0 Å². The molecule has 0 saturated heterocycles. The standard InChI is InChI=1S/3C22H18FN3.C21H17FN4O/c1-16-8-2-4-10-18(16)22-14-21(20-12-6-7-13-24-20)25-26(22)15-17-9-3-5-11-19(17)23;1-16-7-6-9-17(13-16)22-14-21(20-11-4-5-12-24-20)25-26(22)15-18-8-2-3-10-19(18)23;1-16-9-11-17(12-10-16)22-14-21(20-8-4-5-13-24-20)25-26(22)15-18-6-2-3-7-19(18)23;1-27-21-11-6-10-18(24-21)20-13-19(17-9-4-5-12-23-17)25-26(20)14-15-7-2-3-8-16(15)22/h3*2-14H,15H2,1H3;2-13H,14H2,1H3. The van der Waals surface area contributed by atoms with Gasteiger partial charge in [-0.3, -0.25) is 38.7 Å². The molecule has 0 aliphatic rings. The number of methoxy groups -OCH3 is 1. The molecule has 0 fully saturated rings. The number of hydrogen-bond donors (Lipinski definition) is 0. The average molecular weight is 1390 g/mol. The molecule has 105 heavy (non-hydrogen) atoms. The van der Waals surface area contributed by atoms with Gasteiger partial charge in [-0.25, -0.2) is 22.5 Å². The normalized spacial score (nSPS) is 10.8. The van der Waals surface area contributed by atoms with Gasteiger partial charge in [0.05, 0.1) is 84.5 Å². The molecule has 0 unspecified atom stereocenters. The van der Waals surface area contributed by atoms with Crippen LogP contribution in [0.2, 0.25) is 0 Å². The summed E-state index contributed by atoms with van der Waals surface area (Å²) < 4.78 is 69.1. The predicted octanol–water partition coefficient (Wildman–Crippen LogP) is 19.5. The minimum Gasteiger partial charge on any atom is -0.481 e. The number of ether oxygens (including phenoxy) is 1. The minimum absolute atomic E-state index is 0.224. The van der Waals surface area contributed by atoms with E-state index in [1.54, 1.807) is 91.2 Å². The van der Waals surface area contributed by atoms with Crippen LogP contribution in [-0.4, -0.2) is 71.2 Å². The van der Waals surface area contributed by atoms with E-state index < -0.39 is 0 Å². The lowest BCUT2D eigenvalue weighted by atomic mass is 10.0. The summed E-state index contributed by atoms with van der Waals surface area (Å²) in [7, 11) is 1.57. The summed E-state index contributed by atoms with van der Waals surface area (Å²) in [5.74, 6) is -0.435. The van der Waals surface area contributed by atoms with E-state index in [-0.39, 0.29) is 29.8 Å². The van der Waals surface area contributed by atoms with Crippen LogP contribution in [0.1, 0.15) is 38.9 Å². The maximum atomic E-state index is 14.2. The Morgan fingerprint density at radius 3 is 1.04 bits per heavy atom. The molecule has 0 radical (unpaired) electrons. The van der Waals surface area contributed by atoms with Crippen molar-refractivity contribution in [2.75, 3.05) is 7.11 Å². The van der Waals surface area contributed by atoms with Gasteiger partial charge in [-0.2, -0.15) is 20.4 Å². The van der Waals surface area contributed by atoms with Crippen LogP contribution in [0.5, 0.6) is 5.88 Å². The Bertz CT molecular complexity index is 5530. The van der Waals surface area contributed by atoms with Crippen molar-refractivity contribution in [3.8, 4) is 96.6 Å². The van der Waals surface area contributed by atoms with E-state index in [0.717, 1.165) is 84.9 Å². The number of aryl methyl sites for hydroxylation is 3. The number of pyridine rings is 5. The SMILES string of the molecule is COc1cccc(-c2cc(-c3ccccn3)nn2Cc2ccccc2F)n1.Cc1ccc(-c2cc(-c3ccccn3)nn2Cc2ccccc2F)cc1.Cc1cccc(-c2cc(-c3ccccn3)nn2Cc2ccccc2F)c1.Cc1ccccc1-c1cc(-c2ccccn2)nn1Cc1ccccc1F. The van der Waals surface area contributed by atoms with Crippen molar-refractivity contribution in [3.05, 3.63) is 372 Å². The molecule has 14 nitrogen and oxygen atoms in total. The molecule has 0 aliphatic carbocycles. The van der Waals surface area contributed by atoms with Crippen LogP contribution in [-0.2, 0) is 26.2 Å². The zero-order valence-electron chi connectivity index (χ0n) is 58.0. The average Bonchev–Trinajstić information content (AvgIpc) is 1.69. The second-order valence-corrected chi connectivity index (χ2v) is 24.6. The highest BCUT2D eigenvalue weighted by molar-refractivity contribution is 5.71. The van der Waals surface area contributed by atoms with Gasteiger partial charge in [0.2, 0.25) is 5.88 Å². The summed E-state index contributed by atoms with van der Waals surface area (Å²) in [4.78, 5) is 22.0. The van der Waals surface area contributed by atoms with Crippen LogP contribution in [0.15, 0.2) is 310 Å². The molecule has 7 aromatic carbocycles. The largest absolute Gasteiger partial charge is 0.481 e. The van der Waals surface area contributed by atoms with Crippen molar-refractivity contribution in [1.82, 2.24) is 64.0 Å². The van der Waals surface area contributed by atoms with Crippen molar-refractivity contribution < 1.29 is 22.3 Å². The third-order valence-electron chi connectivity index (χ3n) is 17.2. The van der Waals surface area contributed by atoms with Gasteiger partial charge in [-0.15, -0.1) is 0 Å². The van der Waals surface area contributed by atoms with Gasteiger partial charge < -0.3 is 4.74 Å². The number of aromatic nitrogens is 13. The van der Waals surface area contributed by atoms with Gasteiger partial charge in [0.25, 0.3) is 0 Å². The first-order chi connectivity index (χ1) is 51.4. The highest BCUT2D eigenvalue weighted by Crippen LogP contribution is 2.33. The first-order valence-corrected chi connectivity index (χ1v) is 34.0. The van der Waals surface area contributed by atoms with Crippen LogP contribution < -0.4 is 4.74 Å². The van der Waals surface area contributed by atoms with E-state index in [1.807, 2.05) is 172 Å². The summed E-state index contributed by atoms with van der Waals surface area (Å²) in [5.41, 5.74) is 19.5. The minimum atomic E-state index is -0.267. The van der Waals surface area contributed by atoms with E-state index in [2.05, 4.69) is 99.3 Å². The summed E-state index contributed by atoms with van der Waals surface area (Å²) in [6, 6.07) is 88.0. The summed E-state index contributed by atoms with van der Waals surface area (Å²) in [6.07, 6.45) is 6.96. The molecule has 0 N–H and O–H groups in total. The number of nitrogens with zero attached hydrogens (tertiary/aromatic N) is 13. The predicted molar refractivity (Wildman–Crippen MR) is 404 cm³/mol. The first-order valence-electron chi connectivity index (χ1n) is 34.0. The fourth-order valence-corrected chi connectivity index (χ4v) is 11.8. The second kappa shape index (κ2) is 33.4. The molecule has 18 heteroatoms. The summed E-state index contributed by atoms with van der Waals surface area (Å²) in [5, 5.41) is 18.8. The van der Waals surface area contributed by atoms with Crippen LogP contribution in [0.25, 0.3) is 90.7 Å². The summed E-state index contributed by atoms with van der Waals surface area (Å²) >= 11 is 0. The number of benzene rings is 7. The number of hydrogen-bond acceptors (Lipinski definition) is 10. The van der Waals surface area contributed by atoms with Crippen molar-refractivity contribution in [3.63, 3.8) is 0 Å². The van der Waals surface area contributed by atoms with E-state index in [4.69, 9.17) is 20.0 Å². The zero-order valence-corrected chi connectivity index (χ0v) is 58.0. The van der Waals surface area contributed by atoms with Crippen molar-refractivity contribution in [1.29, 1.82) is 0 Å². The van der Waals surface area contributed by atoms with Gasteiger partial charge in [-0.05, 0) is 141 Å². The van der Waals surface area contributed by atoms with Gasteiger partial charge in [0, 0.05) is 64.2 Å². The fourth-order valence-electron chi connectivity index (χ4n) is 11.8. The van der Waals surface area contributed by atoms with Crippen LogP contribution in [0, 0.1) is 44.0 Å². The van der Waals surface area contributed by atoms with Crippen LogP contribution >= 0.6 is 0 Å². The molecule has 9 heterocycles. The number of halogens is 4. The third-order valence-corrected chi connectivity index (χ3v) is 17.2. The molecule has 518 valence electrons. The Hall–Kier alpha value is -13.4. The molecule has 0 bridgehead atoms. The van der Waals surface area contributed by atoms with E-state index in [0.29, 0.717) is 59.2 Å². The van der Waals surface area contributed by atoms with E-state index in [9.17, 15) is 17.6 Å². The van der Waals surface area contributed by atoms with Gasteiger partial charge in [0.15, 0.2) is 0 Å². The lowest BCUT2D eigenvalue weighted by Gasteiger charge is -2.10. The molecular formula is C87H71F4N13O. The Kier molecular flexibility index (Phi) is 22.3. The molecule has 16 rings (SSSR count). The zero-order chi connectivity index (χ0) is 72.4. The molecule has 0 atom stereocenters. The van der Waals surface area contributed by atoms with Crippen molar-refractivity contribution >= 4 is 0 Å². The van der Waals surface area contributed by atoms with E-state index in [1.165, 1.54) is 35.4 Å². The quantitative estimate of drug-likeness (QED) is 0.0808. The fraction of sp³-hybridized carbons (Fsp3) is 0.0920. The first kappa shape index (κ1) is 70.1. The number of rotatable bonds is 17. The lowest BCUT2D eigenvalue weighted by molar-refractivity contribution is 0.398. The van der Waals surface area contributed by atoms with E-state index >= 15 is 0 Å². The third kappa shape index (κ3) is 17.5. The summed E-state index contributed by atoms with van der Waals surface area (Å²) in [6.45, 7) is 7.55.